The molecular weight excluding hydrogens is 494 g/mol. The molecule has 10 nitrogen and oxygen atoms in total. The highest BCUT2D eigenvalue weighted by Crippen LogP contribution is 2.29. The van der Waals surface area contributed by atoms with E-state index < -0.39 is 5.97 Å². The molecule has 3 heterocycles. The maximum atomic E-state index is 13.8. The molecule has 0 aliphatic rings. The van der Waals surface area contributed by atoms with E-state index >= 15 is 0 Å². The highest BCUT2D eigenvalue weighted by molar-refractivity contribution is 5.92. The molecule has 5 rings (SSSR count). The number of imidazole rings is 1. The van der Waals surface area contributed by atoms with Crippen molar-refractivity contribution >= 4 is 5.97 Å². The van der Waals surface area contributed by atoms with Crippen molar-refractivity contribution in [1.29, 1.82) is 0 Å². The Labute approximate surface area is 225 Å². The highest BCUT2D eigenvalue weighted by atomic mass is 16.4. The fourth-order valence-electron chi connectivity index (χ4n) is 4.83. The molecule has 0 radical (unpaired) electrons. The summed E-state index contributed by atoms with van der Waals surface area (Å²) < 4.78 is 3.26. The monoisotopic (exact) mass is 523 g/mol. The molecule has 3 aromatic heterocycles. The Morgan fingerprint density at radius 3 is 2.56 bits per heavy atom. The molecule has 0 atom stereocenters. The van der Waals surface area contributed by atoms with E-state index in [0.717, 1.165) is 52.8 Å². The molecule has 2 N–H and O–H groups in total. The minimum atomic E-state index is -1.05. The number of nitrogens with zero attached hydrogens (tertiary/aromatic N) is 6. The minimum Gasteiger partial charge on any atom is -0.478 e. The van der Waals surface area contributed by atoms with Crippen LogP contribution in [0, 0.1) is 0 Å². The van der Waals surface area contributed by atoms with E-state index in [1.807, 2.05) is 49.5 Å². The van der Waals surface area contributed by atoms with Crippen LogP contribution >= 0.6 is 0 Å². The SMILES string of the molecule is CCCCc1cn(-c2c(CC)cccc2C(=O)O)c(=O)n1Cc1ccc(-c2ccncc2-c2nnn[nH]2)cc1. The molecular formula is C29H29N7O3. The fourth-order valence-corrected chi connectivity index (χ4v) is 4.83. The van der Waals surface area contributed by atoms with Crippen molar-refractivity contribution in [3.8, 4) is 28.2 Å². The summed E-state index contributed by atoms with van der Waals surface area (Å²) in [5, 5.41) is 24.0. The van der Waals surface area contributed by atoms with Crippen LogP contribution in [-0.4, -0.2) is 45.8 Å². The Balaban J connectivity index is 1.53. The highest BCUT2D eigenvalue weighted by Gasteiger charge is 2.20. The molecule has 39 heavy (non-hydrogen) atoms. The summed E-state index contributed by atoms with van der Waals surface area (Å²) in [6, 6.07) is 15.0. The number of para-hydroxylation sites is 1. The first kappa shape index (κ1) is 25.8. The molecule has 2 aromatic carbocycles. The molecule has 0 amide bonds. The van der Waals surface area contributed by atoms with Crippen molar-refractivity contribution in [3.63, 3.8) is 0 Å². The number of aromatic carboxylic acids is 1. The van der Waals surface area contributed by atoms with Gasteiger partial charge in [0.15, 0.2) is 5.82 Å². The van der Waals surface area contributed by atoms with Gasteiger partial charge in [-0.2, -0.15) is 0 Å². The van der Waals surface area contributed by atoms with Gasteiger partial charge in [0, 0.05) is 29.8 Å². The number of aromatic nitrogens is 7. The van der Waals surface area contributed by atoms with Gasteiger partial charge in [-0.3, -0.25) is 14.1 Å². The van der Waals surface area contributed by atoms with Crippen molar-refractivity contribution < 1.29 is 9.90 Å². The van der Waals surface area contributed by atoms with Gasteiger partial charge in [-0.05, 0) is 64.1 Å². The number of pyridine rings is 1. The third-order valence-electron chi connectivity index (χ3n) is 6.85. The Bertz CT molecular complexity index is 1650. The molecule has 0 unspecified atom stereocenters. The van der Waals surface area contributed by atoms with Crippen LogP contribution in [0.1, 0.15) is 53.9 Å². The number of aromatic amines is 1. The summed E-state index contributed by atoms with van der Waals surface area (Å²) in [6.07, 6.45) is 8.48. The maximum absolute atomic E-state index is 13.8. The lowest BCUT2D eigenvalue weighted by Crippen LogP contribution is -2.26. The van der Waals surface area contributed by atoms with Crippen LogP contribution < -0.4 is 5.69 Å². The Hall–Kier alpha value is -4.86. The lowest BCUT2D eigenvalue weighted by Gasteiger charge is -2.12. The lowest BCUT2D eigenvalue weighted by molar-refractivity contribution is 0.0696. The van der Waals surface area contributed by atoms with Gasteiger partial charge in [-0.1, -0.05) is 56.7 Å². The topological polar surface area (TPSA) is 132 Å². The zero-order valence-electron chi connectivity index (χ0n) is 21.8. The standard InChI is InChI=1S/C29H29N7O3/c1-3-5-8-22-18-36(26-20(4-2)7-6-9-24(26)28(37)38)29(39)35(22)17-19-10-12-21(13-11-19)23-14-15-30-16-25(23)27-31-33-34-32-27/h6-7,9-16,18H,3-5,8,17H2,1-2H3,(H,37,38)(H,31,32,33,34). The third kappa shape index (κ3) is 5.13. The number of unbranched alkanes of at least 4 members (excludes halogenated alkanes) is 1. The molecule has 0 saturated heterocycles. The van der Waals surface area contributed by atoms with E-state index in [-0.39, 0.29) is 11.3 Å². The smallest absolute Gasteiger partial charge is 0.337 e. The number of tetrazole rings is 1. The Kier molecular flexibility index (Phi) is 7.44. The lowest BCUT2D eigenvalue weighted by atomic mass is 10.00. The molecule has 0 aliphatic heterocycles. The van der Waals surface area contributed by atoms with Crippen LogP contribution in [0.5, 0.6) is 0 Å². The number of nitrogens with one attached hydrogen (secondary N) is 1. The molecule has 198 valence electrons. The number of hydrogen-bond acceptors (Lipinski definition) is 6. The van der Waals surface area contributed by atoms with Gasteiger partial charge < -0.3 is 5.11 Å². The number of aryl methyl sites for hydroxylation is 2. The second kappa shape index (κ2) is 11.3. The van der Waals surface area contributed by atoms with Crippen LogP contribution in [0.25, 0.3) is 28.2 Å². The number of rotatable bonds is 10. The van der Waals surface area contributed by atoms with Crippen molar-refractivity contribution in [1.82, 2.24) is 34.7 Å². The second-order valence-electron chi connectivity index (χ2n) is 9.30. The van der Waals surface area contributed by atoms with Crippen LogP contribution in [-0.2, 0) is 19.4 Å². The quantitative estimate of drug-likeness (QED) is 0.275. The summed E-state index contributed by atoms with van der Waals surface area (Å²) in [6.45, 7) is 4.44. The van der Waals surface area contributed by atoms with E-state index in [0.29, 0.717) is 24.5 Å². The zero-order valence-corrected chi connectivity index (χ0v) is 21.8. The van der Waals surface area contributed by atoms with Gasteiger partial charge >= 0.3 is 11.7 Å². The molecule has 5 aromatic rings. The molecule has 0 saturated carbocycles. The van der Waals surface area contributed by atoms with E-state index in [4.69, 9.17) is 0 Å². The van der Waals surface area contributed by atoms with E-state index in [9.17, 15) is 14.7 Å². The largest absolute Gasteiger partial charge is 0.478 e. The van der Waals surface area contributed by atoms with Gasteiger partial charge in [0.05, 0.1) is 17.8 Å². The van der Waals surface area contributed by atoms with E-state index in [1.165, 1.54) is 4.57 Å². The van der Waals surface area contributed by atoms with Gasteiger partial charge in [0.2, 0.25) is 0 Å². The fraction of sp³-hybridized carbons (Fsp3) is 0.241. The van der Waals surface area contributed by atoms with Gasteiger partial charge in [0.25, 0.3) is 0 Å². The van der Waals surface area contributed by atoms with Crippen molar-refractivity contribution in [2.24, 2.45) is 0 Å². The predicted octanol–water partition coefficient (Wildman–Crippen LogP) is 4.53. The number of carbonyl (C=O) groups is 1. The second-order valence-corrected chi connectivity index (χ2v) is 9.30. The molecule has 0 bridgehead atoms. The number of carboxylic acids is 1. The molecule has 0 fully saturated rings. The summed E-state index contributed by atoms with van der Waals surface area (Å²) in [5.41, 5.74) is 5.64. The molecule has 0 spiro atoms. The van der Waals surface area contributed by atoms with Crippen molar-refractivity contribution in [3.05, 3.63) is 100.0 Å². The number of benzene rings is 2. The first-order valence-corrected chi connectivity index (χ1v) is 13.0. The first-order valence-electron chi connectivity index (χ1n) is 13.0. The van der Waals surface area contributed by atoms with Crippen molar-refractivity contribution in [2.45, 2.75) is 46.1 Å². The Morgan fingerprint density at radius 2 is 1.87 bits per heavy atom. The van der Waals surface area contributed by atoms with Crippen LogP contribution in [0.4, 0.5) is 0 Å². The molecule has 0 aliphatic carbocycles. The number of hydrogen-bond donors (Lipinski definition) is 2. The van der Waals surface area contributed by atoms with Gasteiger partial charge in [-0.15, -0.1) is 5.10 Å². The third-order valence-corrected chi connectivity index (χ3v) is 6.85. The normalized spacial score (nSPS) is 11.1. The average Bonchev–Trinajstić information content (AvgIpc) is 3.61. The minimum absolute atomic E-state index is 0.120. The van der Waals surface area contributed by atoms with Crippen LogP contribution in [0.15, 0.2) is 71.9 Å². The van der Waals surface area contributed by atoms with Gasteiger partial charge in [0.1, 0.15) is 0 Å². The average molecular weight is 524 g/mol. The summed E-state index contributed by atoms with van der Waals surface area (Å²) in [5.74, 6) is -0.522. The summed E-state index contributed by atoms with van der Waals surface area (Å²) in [7, 11) is 0. The molecule has 10 heteroatoms. The maximum Gasteiger partial charge on any atom is 0.337 e. The summed E-state index contributed by atoms with van der Waals surface area (Å²) >= 11 is 0. The number of H-pyrrole nitrogens is 1. The number of carboxylic acid groups (broad SMARTS) is 1. The van der Waals surface area contributed by atoms with Crippen molar-refractivity contribution in [2.75, 3.05) is 0 Å². The first-order chi connectivity index (χ1) is 19.0. The van der Waals surface area contributed by atoms with Crippen LogP contribution in [0.3, 0.4) is 0 Å². The Morgan fingerprint density at radius 1 is 1.05 bits per heavy atom. The van der Waals surface area contributed by atoms with E-state index in [1.54, 1.807) is 29.1 Å². The predicted molar refractivity (Wildman–Crippen MR) is 147 cm³/mol. The van der Waals surface area contributed by atoms with Crippen LogP contribution in [0.2, 0.25) is 0 Å². The van der Waals surface area contributed by atoms with E-state index in [2.05, 4.69) is 32.5 Å². The van der Waals surface area contributed by atoms with Gasteiger partial charge in [-0.25, -0.2) is 14.7 Å². The summed E-state index contributed by atoms with van der Waals surface area (Å²) in [4.78, 5) is 30.0. The zero-order chi connectivity index (χ0) is 27.4.